The lowest BCUT2D eigenvalue weighted by Crippen LogP contribution is -2.08. The van der Waals surface area contributed by atoms with Gasteiger partial charge < -0.3 is 10.5 Å². The van der Waals surface area contributed by atoms with Gasteiger partial charge in [-0.1, -0.05) is 11.6 Å². The van der Waals surface area contributed by atoms with Crippen LogP contribution in [0.2, 0.25) is 5.02 Å². The third-order valence-electron chi connectivity index (χ3n) is 2.95. The maximum Gasteiger partial charge on any atom is 0.420 e. The number of benzene rings is 2. The molecule has 112 valence electrons. The van der Waals surface area contributed by atoms with Crippen LogP contribution in [0, 0.1) is 13.8 Å². The van der Waals surface area contributed by atoms with E-state index < -0.39 is 11.7 Å². The van der Waals surface area contributed by atoms with E-state index >= 15 is 0 Å². The fraction of sp³-hybridized carbons (Fsp3) is 0.200. The first-order chi connectivity index (χ1) is 9.68. The summed E-state index contributed by atoms with van der Waals surface area (Å²) in [5.74, 6) is 0.0693. The molecule has 0 amide bonds. The van der Waals surface area contributed by atoms with Crippen molar-refractivity contribution in [2.45, 2.75) is 20.0 Å². The minimum absolute atomic E-state index is 0.0271. The summed E-state index contributed by atoms with van der Waals surface area (Å²) in [6.45, 7) is 3.44. The Kier molecular flexibility index (Phi) is 4.05. The predicted molar refractivity (Wildman–Crippen MR) is 76.9 cm³/mol. The number of nitrogen functional groups attached to an aromatic ring is 1. The lowest BCUT2D eigenvalue weighted by atomic mass is 10.1. The molecular weight excluding hydrogens is 303 g/mol. The molecule has 2 aromatic carbocycles. The van der Waals surface area contributed by atoms with Crippen LogP contribution in [0.4, 0.5) is 18.9 Å². The van der Waals surface area contributed by atoms with Gasteiger partial charge in [-0.25, -0.2) is 0 Å². The fourth-order valence-electron chi connectivity index (χ4n) is 2.03. The SMILES string of the molecule is Cc1cc(Cl)cc(C)c1Oc1ccc(N)cc1C(F)(F)F. The Morgan fingerprint density at radius 1 is 1.05 bits per heavy atom. The minimum atomic E-state index is -4.54. The molecule has 2 rings (SSSR count). The molecule has 0 aromatic heterocycles. The van der Waals surface area contributed by atoms with E-state index in [1.807, 2.05) is 0 Å². The number of nitrogens with two attached hydrogens (primary N) is 1. The number of aryl methyl sites for hydroxylation is 2. The van der Waals surface area contributed by atoms with E-state index in [2.05, 4.69) is 0 Å². The summed E-state index contributed by atoms with van der Waals surface area (Å²) in [7, 11) is 0. The average Bonchev–Trinajstić information content (AvgIpc) is 2.34. The number of rotatable bonds is 2. The van der Waals surface area contributed by atoms with Crippen molar-refractivity contribution < 1.29 is 17.9 Å². The molecular formula is C15H13ClF3NO. The molecule has 0 fully saturated rings. The van der Waals surface area contributed by atoms with Gasteiger partial charge in [-0.2, -0.15) is 13.2 Å². The summed E-state index contributed by atoms with van der Waals surface area (Å²) in [6.07, 6.45) is -4.54. The van der Waals surface area contributed by atoms with Crippen molar-refractivity contribution in [1.82, 2.24) is 0 Å². The molecule has 0 radical (unpaired) electrons. The Morgan fingerprint density at radius 3 is 2.14 bits per heavy atom. The van der Waals surface area contributed by atoms with E-state index in [9.17, 15) is 13.2 Å². The molecule has 0 saturated heterocycles. The van der Waals surface area contributed by atoms with Gasteiger partial charge in [-0.3, -0.25) is 0 Å². The Balaban J connectivity index is 2.50. The highest BCUT2D eigenvalue weighted by Gasteiger charge is 2.35. The second kappa shape index (κ2) is 5.48. The average molecular weight is 316 g/mol. The van der Waals surface area contributed by atoms with Gasteiger partial charge in [0.15, 0.2) is 0 Å². The van der Waals surface area contributed by atoms with Gasteiger partial charge in [0.05, 0.1) is 0 Å². The fourth-order valence-corrected chi connectivity index (χ4v) is 2.35. The standard InChI is InChI=1S/C15H13ClF3NO/c1-8-5-10(16)6-9(2)14(8)21-13-4-3-11(20)7-12(13)15(17,18)19/h3-7H,20H2,1-2H3. The smallest absolute Gasteiger partial charge is 0.420 e. The molecule has 2 N–H and O–H groups in total. The molecule has 0 heterocycles. The van der Waals surface area contributed by atoms with Gasteiger partial charge in [0.1, 0.15) is 17.1 Å². The molecule has 0 atom stereocenters. The van der Waals surface area contributed by atoms with Gasteiger partial charge in [0, 0.05) is 10.7 Å². The maximum atomic E-state index is 13.0. The summed E-state index contributed by atoms with van der Waals surface area (Å²) >= 11 is 5.90. The van der Waals surface area contributed by atoms with Crippen LogP contribution in [0.5, 0.6) is 11.5 Å². The molecule has 0 unspecified atom stereocenters. The van der Waals surface area contributed by atoms with E-state index in [1.165, 1.54) is 12.1 Å². The number of hydrogen-bond donors (Lipinski definition) is 1. The molecule has 6 heteroatoms. The third-order valence-corrected chi connectivity index (χ3v) is 3.16. The predicted octanol–water partition coefficient (Wildman–Crippen LogP) is 5.35. The van der Waals surface area contributed by atoms with Gasteiger partial charge in [-0.05, 0) is 55.3 Å². The number of alkyl halides is 3. The van der Waals surface area contributed by atoms with Crippen molar-refractivity contribution in [1.29, 1.82) is 0 Å². The van der Waals surface area contributed by atoms with Crippen molar-refractivity contribution >= 4 is 17.3 Å². The zero-order valence-corrected chi connectivity index (χ0v) is 12.1. The van der Waals surface area contributed by atoms with Gasteiger partial charge in [0.2, 0.25) is 0 Å². The topological polar surface area (TPSA) is 35.2 Å². The lowest BCUT2D eigenvalue weighted by molar-refractivity contribution is -0.138. The number of halogens is 4. The molecule has 2 aromatic rings. The van der Waals surface area contributed by atoms with Crippen LogP contribution < -0.4 is 10.5 Å². The monoisotopic (exact) mass is 315 g/mol. The first kappa shape index (κ1) is 15.5. The van der Waals surface area contributed by atoms with Crippen molar-refractivity contribution in [2.75, 3.05) is 5.73 Å². The normalized spacial score (nSPS) is 11.5. The van der Waals surface area contributed by atoms with Crippen molar-refractivity contribution in [3.8, 4) is 11.5 Å². The minimum Gasteiger partial charge on any atom is -0.456 e. The third kappa shape index (κ3) is 3.42. The summed E-state index contributed by atoms with van der Waals surface area (Å²) in [5.41, 5.74) is 5.86. The summed E-state index contributed by atoms with van der Waals surface area (Å²) < 4.78 is 44.6. The van der Waals surface area contributed by atoms with Crippen LogP contribution in [-0.2, 0) is 6.18 Å². The van der Waals surface area contributed by atoms with Gasteiger partial charge in [0.25, 0.3) is 0 Å². The van der Waals surface area contributed by atoms with Crippen molar-refractivity contribution in [3.63, 3.8) is 0 Å². The number of ether oxygens (including phenoxy) is 1. The molecule has 0 aliphatic carbocycles. The molecule has 0 aliphatic rings. The van der Waals surface area contributed by atoms with Crippen LogP contribution in [0.1, 0.15) is 16.7 Å². The Hall–Kier alpha value is -1.88. The molecule has 0 bridgehead atoms. The van der Waals surface area contributed by atoms with E-state index in [1.54, 1.807) is 26.0 Å². The van der Waals surface area contributed by atoms with E-state index in [0.717, 1.165) is 6.07 Å². The molecule has 0 spiro atoms. The van der Waals surface area contributed by atoms with E-state index in [4.69, 9.17) is 22.1 Å². The first-order valence-electron chi connectivity index (χ1n) is 6.10. The molecule has 0 aliphatic heterocycles. The summed E-state index contributed by atoms with van der Waals surface area (Å²) in [5, 5.41) is 0.505. The summed E-state index contributed by atoms with van der Waals surface area (Å²) in [6, 6.07) is 6.70. The first-order valence-corrected chi connectivity index (χ1v) is 6.47. The Bertz CT molecular complexity index is 660. The van der Waals surface area contributed by atoms with Crippen LogP contribution >= 0.6 is 11.6 Å². The quantitative estimate of drug-likeness (QED) is 0.758. The van der Waals surface area contributed by atoms with Gasteiger partial charge >= 0.3 is 6.18 Å². The Labute approximate surface area is 125 Å². The second-order valence-electron chi connectivity index (χ2n) is 4.72. The van der Waals surface area contributed by atoms with Crippen molar-refractivity contribution in [3.05, 3.63) is 52.0 Å². The Morgan fingerprint density at radius 2 is 1.62 bits per heavy atom. The van der Waals surface area contributed by atoms with E-state index in [-0.39, 0.29) is 11.4 Å². The summed E-state index contributed by atoms with van der Waals surface area (Å²) in [4.78, 5) is 0. The highest BCUT2D eigenvalue weighted by Crippen LogP contribution is 2.40. The highest BCUT2D eigenvalue weighted by molar-refractivity contribution is 6.30. The zero-order chi connectivity index (χ0) is 15.8. The van der Waals surface area contributed by atoms with Crippen LogP contribution in [0.15, 0.2) is 30.3 Å². The molecule has 2 nitrogen and oxygen atoms in total. The highest BCUT2D eigenvalue weighted by atomic mass is 35.5. The van der Waals surface area contributed by atoms with E-state index in [0.29, 0.717) is 21.9 Å². The molecule has 0 saturated carbocycles. The zero-order valence-electron chi connectivity index (χ0n) is 11.4. The van der Waals surface area contributed by atoms with Crippen LogP contribution in [-0.4, -0.2) is 0 Å². The van der Waals surface area contributed by atoms with Crippen LogP contribution in [0.25, 0.3) is 0 Å². The second-order valence-corrected chi connectivity index (χ2v) is 5.16. The van der Waals surface area contributed by atoms with Gasteiger partial charge in [-0.15, -0.1) is 0 Å². The largest absolute Gasteiger partial charge is 0.456 e. The van der Waals surface area contributed by atoms with Crippen molar-refractivity contribution in [2.24, 2.45) is 0 Å². The number of anilines is 1. The maximum absolute atomic E-state index is 13.0. The number of hydrogen-bond acceptors (Lipinski definition) is 2. The lowest BCUT2D eigenvalue weighted by Gasteiger charge is -2.17. The van der Waals surface area contributed by atoms with Crippen LogP contribution in [0.3, 0.4) is 0 Å². The molecule has 21 heavy (non-hydrogen) atoms.